The maximum atomic E-state index is 10.8. The molecule has 1 fully saturated rings. The Labute approximate surface area is 92.0 Å². The average molecular weight is 214 g/mol. The van der Waals surface area contributed by atoms with Crippen molar-refractivity contribution < 1.29 is 9.53 Å². The van der Waals surface area contributed by atoms with Crippen LogP contribution in [0, 0.1) is 0 Å². The third-order valence-electron chi connectivity index (χ3n) is 3.09. The number of hydrogen-bond donors (Lipinski definition) is 1. The molecule has 1 saturated carbocycles. The molecular formula is C11H22N2O2. The molecule has 1 N–H and O–H groups in total. The Morgan fingerprint density at radius 2 is 2.13 bits per heavy atom. The molecule has 0 unspecified atom stereocenters. The minimum Gasteiger partial charge on any atom is -0.468 e. The van der Waals surface area contributed by atoms with E-state index in [1.54, 1.807) is 0 Å². The van der Waals surface area contributed by atoms with Crippen LogP contribution in [-0.2, 0) is 9.53 Å². The largest absolute Gasteiger partial charge is 0.468 e. The standard InChI is InChI=1S/C11H22N2O2/c1-13(10-5-3-4-6-10)8-7-12-9-11(14)15-2/h10,12H,3-9H2,1-2H3. The predicted molar refractivity (Wildman–Crippen MR) is 59.8 cm³/mol. The van der Waals surface area contributed by atoms with Crippen molar-refractivity contribution in [1.29, 1.82) is 0 Å². The number of nitrogens with zero attached hydrogens (tertiary/aromatic N) is 1. The second kappa shape index (κ2) is 6.80. The Balaban J connectivity index is 2.01. The Hall–Kier alpha value is -0.610. The lowest BCUT2D eigenvalue weighted by atomic mass is 10.2. The van der Waals surface area contributed by atoms with Gasteiger partial charge in [0.2, 0.25) is 0 Å². The minimum absolute atomic E-state index is 0.196. The molecule has 0 spiro atoms. The van der Waals surface area contributed by atoms with Crippen molar-refractivity contribution in [3.63, 3.8) is 0 Å². The molecule has 0 saturated heterocycles. The zero-order valence-electron chi connectivity index (χ0n) is 9.79. The first-order valence-corrected chi connectivity index (χ1v) is 5.72. The molecule has 0 radical (unpaired) electrons. The summed E-state index contributed by atoms with van der Waals surface area (Å²) in [5, 5.41) is 3.07. The molecule has 0 aromatic rings. The predicted octanol–water partition coefficient (Wildman–Crippen LogP) is 0.623. The zero-order chi connectivity index (χ0) is 11.1. The zero-order valence-corrected chi connectivity index (χ0v) is 9.79. The number of rotatable bonds is 6. The lowest BCUT2D eigenvalue weighted by molar-refractivity contribution is -0.139. The van der Waals surface area contributed by atoms with Gasteiger partial charge in [-0.25, -0.2) is 0 Å². The highest BCUT2D eigenvalue weighted by molar-refractivity contribution is 5.71. The average Bonchev–Trinajstić information content (AvgIpc) is 2.77. The highest BCUT2D eigenvalue weighted by Crippen LogP contribution is 2.21. The maximum absolute atomic E-state index is 10.8. The van der Waals surface area contributed by atoms with Gasteiger partial charge in [-0.05, 0) is 19.9 Å². The third-order valence-corrected chi connectivity index (χ3v) is 3.09. The van der Waals surface area contributed by atoms with Gasteiger partial charge in [-0.3, -0.25) is 4.79 Å². The van der Waals surface area contributed by atoms with Gasteiger partial charge in [0.05, 0.1) is 13.7 Å². The molecule has 0 atom stereocenters. The number of carbonyl (C=O) groups is 1. The van der Waals surface area contributed by atoms with Crippen LogP contribution >= 0.6 is 0 Å². The van der Waals surface area contributed by atoms with Gasteiger partial charge in [0.1, 0.15) is 0 Å². The summed E-state index contributed by atoms with van der Waals surface area (Å²) in [5.41, 5.74) is 0. The van der Waals surface area contributed by atoms with Crippen molar-refractivity contribution in [2.24, 2.45) is 0 Å². The van der Waals surface area contributed by atoms with E-state index in [-0.39, 0.29) is 5.97 Å². The van der Waals surface area contributed by atoms with E-state index in [4.69, 9.17) is 0 Å². The lowest BCUT2D eigenvalue weighted by Crippen LogP contribution is -2.37. The van der Waals surface area contributed by atoms with Crippen LogP contribution in [0.1, 0.15) is 25.7 Å². The van der Waals surface area contributed by atoms with Gasteiger partial charge >= 0.3 is 5.97 Å². The number of esters is 1. The Morgan fingerprint density at radius 3 is 2.73 bits per heavy atom. The molecule has 0 heterocycles. The summed E-state index contributed by atoms with van der Waals surface area (Å²) in [6.07, 6.45) is 5.39. The fourth-order valence-electron chi connectivity index (χ4n) is 2.05. The second-order valence-corrected chi connectivity index (χ2v) is 4.17. The van der Waals surface area contributed by atoms with Crippen LogP contribution in [0.25, 0.3) is 0 Å². The van der Waals surface area contributed by atoms with E-state index in [1.165, 1.54) is 32.8 Å². The molecule has 15 heavy (non-hydrogen) atoms. The van der Waals surface area contributed by atoms with Crippen LogP contribution < -0.4 is 5.32 Å². The van der Waals surface area contributed by atoms with E-state index in [2.05, 4.69) is 22.0 Å². The van der Waals surface area contributed by atoms with Crippen LogP contribution in [0.3, 0.4) is 0 Å². The molecule has 4 nitrogen and oxygen atoms in total. The molecule has 0 bridgehead atoms. The van der Waals surface area contributed by atoms with Crippen molar-refractivity contribution in [2.45, 2.75) is 31.7 Å². The third kappa shape index (κ3) is 4.62. The van der Waals surface area contributed by atoms with Crippen molar-refractivity contribution in [2.75, 3.05) is 33.8 Å². The number of hydrogen-bond acceptors (Lipinski definition) is 4. The molecular weight excluding hydrogens is 192 g/mol. The van der Waals surface area contributed by atoms with Crippen LogP contribution in [0.2, 0.25) is 0 Å². The van der Waals surface area contributed by atoms with E-state index in [0.29, 0.717) is 6.54 Å². The van der Waals surface area contributed by atoms with Crippen LogP contribution in [0.5, 0.6) is 0 Å². The molecule has 0 aromatic carbocycles. The number of methoxy groups -OCH3 is 1. The van der Waals surface area contributed by atoms with Crippen LogP contribution in [-0.4, -0.2) is 50.7 Å². The Bertz CT molecular complexity index is 191. The first-order valence-electron chi connectivity index (χ1n) is 5.72. The number of carbonyl (C=O) groups excluding carboxylic acids is 1. The van der Waals surface area contributed by atoms with Crippen LogP contribution in [0.4, 0.5) is 0 Å². The summed E-state index contributed by atoms with van der Waals surface area (Å²) in [6, 6.07) is 0.755. The van der Waals surface area contributed by atoms with Crippen molar-refractivity contribution in [1.82, 2.24) is 10.2 Å². The van der Waals surface area contributed by atoms with E-state index in [0.717, 1.165) is 19.1 Å². The normalized spacial score (nSPS) is 17.3. The quantitative estimate of drug-likeness (QED) is 0.520. The minimum atomic E-state index is -0.196. The lowest BCUT2D eigenvalue weighted by Gasteiger charge is -2.23. The molecule has 1 rings (SSSR count). The molecule has 0 amide bonds. The van der Waals surface area contributed by atoms with Gasteiger partial charge in [0.25, 0.3) is 0 Å². The highest BCUT2D eigenvalue weighted by atomic mass is 16.5. The second-order valence-electron chi connectivity index (χ2n) is 4.17. The van der Waals surface area contributed by atoms with E-state index >= 15 is 0 Å². The number of ether oxygens (including phenoxy) is 1. The van der Waals surface area contributed by atoms with Gasteiger partial charge < -0.3 is 15.0 Å². The molecule has 1 aliphatic carbocycles. The SMILES string of the molecule is COC(=O)CNCCN(C)C1CCCC1. The summed E-state index contributed by atoms with van der Waals surface area (Å²) in [4.78, 5) is 13.2. The molecule has 88 valence electrons. The van der Waals surface area contributed by atoms with Crippen molar-refractivity contribution >= 4 is 5.97 Å². The fraction of sp³-hybridized carbons (Fsp3) is 0.909. The van der Waals surface area contributed by atoms with Crippen LogP contribution in [0.15, 0.2) is 0 Å². The van der Waals surface area contributed by atoms with Gasteiger partial charge in [-0.15, -0.1) is 0 Å². The van der Waals surface area contributed by atoms with Gasteiger partial charge in [0, 0.05) is 19.1 Å². The summed E-state index contributed by atoms with van der Waals surface area (Å²) in [7, 11) is 3.57. The van der Waals surface area contributed by atoms with Crippen molar-refractivity contribution in [3.8, 4) is 0 Å². The Morgan fingerprint density at radius 1 is 1.47 bits per heavy atom. The molecule has 4 heteroatoms. The smallest absolute Gasteiger partial charge is 0.319 e. The molecule has 0 aliphatic heterocycles. The van der Waals surface area contributed by atoms with E-state index in [9.17, 15) is 4.79 Å². The highest BCUT2D eigenvalue weighted by Gasteiger charge is 2.18. The molecule has 1 aliphatic rings. The van der Waals surface area contributed by atoms with Gasteiger partial charge in [0.15, 0.2) is 0 Å². The first kappa shape index (κ1) is 12.5. The number of likely N-dealkylation sites (N-methyl/N-ethyl adjacent to an activating group) is 1. The van der Waals surface area contributed by atoms with E-state index in [1.807, 2.05) is 0 Å². The first-order chi connectivity index (χ1) is 7.24. The molecule has 0 aromatic heterocycles. The topological polar surface area (TPSA) is 41.6 Å². The Kier molecular flexibility index (Phi) is 5.65. The summed E-state index contributed by atoms with van der Waals surface area (Å²) in [6.45, 7) is 2.17. The van der Waals surface area contributed by atoms with Gasteiger partial charge in [-0.1, -0.05) is 12.8 Å². The monoisotopic (exact) mass is 214 g/mol. The summed E-state index contributed by atoms with van der Waals surface area (Å²) < 4.78 is 4.54. The van der Waals surface area contributed by atoms with Crippen molar-refractivity contribution in [3.05, 3.63) is 0 Å². The summed E-state index contributed by atoms with van der Waals surface area (Å²) >= 11 is 0. The summed E-state index contributed by atoms with van der Waals surface area (Å²) in [5.74, 6) is -0.196. The van der Waals surface area contributed by atoms with E-state index < -0.39 is 0 Å². The van der Waals surface area contributed by atoms with Gasteiger partial charge in [-0.2, -0.15) is 0 Å². The number of nitrogens with one attached hydrogen (secondary N) is 1. The maximum Gasteiger partial charge on any atom is 0.319 e. The fourth-order valence-corrected chi connectivity index (χ4v) is 2.05.